The maximum atomic E-state index is 12.7. The first-order valence-corrected chi connectivity index (χ1v) is 20.7. The fraction of sp³-hybridized carbons (Fsp3) is 0.634. The summed E-state index contributed by atoms with van der Waals surface area (Å²) in [5.41, 5.74) is 5.35. The molecule has 0 bridgehead atoms. The van der Waals surface area contributed by atoms with Gasteiger partial charge in [-0.1, -0.05) is 137 Å². The van der Waals surface area contributed by atoms with Crippen molar-refractivity contribution in [2.45, 2.75) is 148 Å². The molecule has 8 nitrogen and oxygen atoms in total. The van der Waals surface area contributed by atoms with Crippen molar-refractivity contribution in [2.75, 3.05) is 19.8 Å². The highest BCUT2D eigenvalue weighted by molar-refractivity contribution is 7.47. The van der Waals surface area contributed by atoms with Gasteiger partial charge in [0.2, 0.25) is 5.91 Å². The van der Waals surface area contributed by atoms with Crippen molar-refractivity contribution in [1.82, 2.24) is 5.32 Å². The summed E-state index contributed by atoms with van der Waals surface area (Å²) >= 11 is 0. The highest BCUT2D eigenvalue weighted by Crippen LogP contribution is 2.43. The Hall–Kier alpha value is -2.32. The van der Waals surface area contributed by atoms with Crippen molar-refractivity contribution < 1.29 is 28.4 Å². The van der Waals surface area contributed by atoms with E-state index < -0.39 is 20.0 Å². The lowest BCUT2D eigenvalue weighted by Crippen LogP contribution is -2.45. The Morgan fingerprint density at radius 1 is 0.680 bits per heavy atom. The van der Waals surface area contributed by atoms with Gasteiger partial charge in [0.05, 0.1) is 25.4 Å². The Labute approximate surface area is 305 Å². The highest BCUT2D eigenvalue weighted by Gasteiger charge is 2.26. The lowest BCUT2D eigenvalue weighted by molar-refractivity contribution is -0.123. The maximum absolute atomic E-state index is 12.7. The Morgan fingerprint density at radius 2 is 1.18 bits per heavy atom. The molecule has 0 aliphatic heterocycles. The van der Waals surface area contributed by atoms with Crippen molar-refractivity contribution in [1.29, 1.82) is 0 Å². The summed E-state index contributed by atoms with van der Waals surface area (Å²) in [6.45, 7) is 3.92. The van der Waals surface area contributed by atoms with E-state index in [1.54, 1.807) is 6.08 Å². The second-order valence-electron chi connectivity index (χ2n) is 12.4. The molecule has 5 N–H and O–H groups in total. The van der Waals surface area contributed by atoms with Gasteiger partial charge in [-0.05, 0) is 77.0 Å². The first-order chi connectivity index (χ1) is 24.4. The van der Waals surface area contributed by atoms with Crippen LogP contribution in [-0.4, -0.2) is 47.8 Å². The number of allylic oxidation sites excluding steroid dienone is 13. The van der Waals surface area contributed by atoms with Gasteiger partial charge < -0.3 is 21.1 Å². The molecule has 0 saturated carbocycles. The molecule has 3 unspecified atom stereocenters. The van der Waals surface area contributed by atoms with Gasteiger partial charge in [0.15, 0.2) is 0 Å². The van der Waals surface area contributed by atoms with Crippen molar-refractivity contribution >= 4 is 13.7 Å². The Morgan fingerprint density at radius 3 is 1.78 bits per heavy atom. The highest BCUT2D eigenvalue weighted by atomic mass is 31.2. The third kappa shape index (κ3) is 34.1. The number of amides is 1. The van der Waals surface area contributed by atoms with Gasteiger partial charge in [-0.25, -0.2) is 4.57 Å². The van der Waals surface area contributed by atoms with Crippen LogP contribution in [0.5, 0.6) is 0 Å². The van der Waals surface area contributed by atoms with E-state index in [0.29, 0.717) is 12.8 Å². The molecule has 0 aromatic carbocycles. The van der Waals surface area contributed by atoms with Crippen molar-refractivity contribution in [2.24, 2.45) is 5.73 Å². The normalized spacial score (nSPS) is 15.2. The molecule has 1 amide bonds. The average molecular weight is 719 g/mol. The van der Waals surface area contributed by atoms with E-state index >= 15 is 0 Å². The fourth-order valence-electron chi connectivity index (χ4n) is 4.82. The minimum absolute atomic E-state index is 0.0634. The molecule has 9 heteroatoms. The monoisotopic (exact) mass is 719 g/mol. The van der Waals surface area contributed by atoms with Crippen LogP contribution in [0.3, 0.4) is 0 Å². The number of aliphatic hydroxyl groups is 1. The van der Waals surface area contributed by atoms with E-state index in [-0.39, 0.29) is 25.7 Å². The molecule has 0 radical (unpaired) electrons. The summed E-state index contributed by atoms with van der Waals surface area (Å²) in [7, 11) is -4.36. The molecule has 0 aliphatic carbocycles. The minimum atomic E-state index is -4.36. The lowest BCUT2D eigenvalue weighted by atomic mass is 10.1. The number of carbonyl (C=O) groups is 1. The van der Waals surface area contributed by atoms with Crippen LogP contribution in [-0.2, 0) is 18.4 Å². The number of phosphoric acid groups is 1. The Bertz CT molecular complexity index is 1050. The average Bonchev–Trinajstić information content (AvgIpc) is 3.10. The molecule has 286 valence electrons. The fourth-order valence-corrected chi connectivity index (χ4v) is 5.58. The van der Waals surface area contributed by atoms with Gasteiger partial charge in [0, 0.05) is 13.0 Å². The number of aliphatic hydroxyl groups excluding tert-OH is 1. The van der Waals surface area contributed by atoms with Crippen LogP contribution >= 0.6 is 7.82 Å². The molecule has 0 fully saturated rings. The molecular weight excluding hydrogens is 647 g/mol. The Balaban J connectivity index is 4.42. The predicted octanol–water partition coefficient (Wildman–Crippen LogP) is 10.3. The van der Waals surface area contributed by atoms with E-state index in [4.69, 9.17) is 14.8 Å². The van der Waals surface area contributed by atoms with E-state index in [9.17, 15) is 19.4 Å². The third-order valence-electron chi connectivity index (χ3n) is 7.70. The number of nitrogens with two attached hydrogens (primary N) is 1. The van der Waals surface area contributed by atoms with Crippen LogP contribution in [0.2, 0.25) is 0 Å². The number of unbranched alkanes of at least 4 members (excludes halogenated alkanes) is 10. The van der Waals surface area contributed by atoms with E-state index in [1.165, 1.54) is 38.5 Å². The van der Waals surface area contributed by atoms with Gasteiger partial charge in [-0.2, -0.15) is 0 Å². The molecular formula is C41H71N2O6P. The van der Waals surface area contributed by atoms with Gasteiger partial charge in [-0.15, -0.1) is 0 Å². The lowest BCUT2D eigenvalue weighted by Gasteiger charge is -2.23. The number of phosphoric ester groups is 1. The van der Waals surface area contributed by atoms with Gasteiger partial charge >= 0.3 is 7.82 Å². The van der Waals surface area contributed by atoms with Crippen LogP contribution in [0.1, 0.15) is 136 Å². The van der Waals surface area contributed by atoms with Gasteiger partial charge in [0.1, 0.15) is 0 Å². The molecule has 0 rings (SSSR count). The number of rotatable bonds is 34. The molecule has 50 heavy (non-hydrogen) atoms. The zero-order valence-electron chi connectivity index (χ0n) is 31.3. The molecule has 0 saturated heterocycles. The van der Waals surface area contributed by atoms with Gasteiger partial charge in [-0.3, -0.25) is 13.8 Å². The molecule has 0 heterocycles. The minimum Gasteiger partial charge on any atom is -0.387 e. The van der Waals surface area contributed by atoms with E-state index in [0.717, 1.165) is 70.6 Å². The molecule has 0 aromatic heterocycles. The maximum Gasteiger partial charge on any atom is 0.472 e. The number of carbonyl (C=O) groups excluding carboxylic acids is 1. The summed E-state index contributed by atoms with van der Waals surface area (Å²) in [6, 6.07) is -0.898. The van der Waals surface area contributed by atoms with Gasteiger partial charge in [0.25, 0.3) is 0 Å². The van der Waals surface area contributed by atoms with Crippen LogP contribution in [0.4, 0.5) is 0 Å². The summed E-state index contributed by atoms with van der Waals surface area (Å²) in [5, 5.41) is 13.5. The largest absolute Gasteiger partial charge is 0.472 e. The van der Waals surface area contributed by atoms with Crippen LogP contribution < -0.4 is 11.1 Å². The summed E-state index contributed by atoms with van der Waals surface area (Å²) in [5.74, 6) is -0.241. The van der Waals surface area contributed by atoms with Crippen molar-refractivity contribution in [3.05, 3.63) is 85.1 Å². The predicted molar refractivity (Wildman–Crippen MR) is 212 cm³/mol. The molecule has 0 aromatic rings. The first-order valence-electron chi connectivity index (χ1n) is 19.2. The van der Waals surface area contributed by atoms with E-state index in [1.807, 2.05) is 6.08 Å². The van der Waals surface area contributed by atoms with Crippen LogP contribution in [0.15, 0.2) is 85.1 Å². The first kappa shape index (κ1) is 47.7. The standard InChI is InChI=1S/C41H71N2O6P/c1-3-5-7-9-11-13-15-17-18-19-20-21-22-23-25-27-29-31-33-35-41(45)43-39(38-49-50(46,47)48-37-36-42)40(44)34-32-30-28-26-24-16-14-12-10-8-6-4-2/h5,7,11,13,17-18,20-21,23-26,32,34,39-40,44H,3-4,6,8-10,12,14-16,19,22,27-31,33,35-38,42H2,1-2H3,(H,43,45)(H,46,47)/b7-5-,13-11-,18-17-,21-20-,25-23-,26-24+,34-32+. The smallest absolute Gasteiger partial charge is 0.387 e. The second kappa shape index (κ2) is 36.5. The van der Waals surface area contributed by atoms with Crippen molar-refractivity contribution in [3.63, 3.8) is 0 Å². The summed E-state index contributed by atoms with van der Waals surface area (Å²) in [6.07, 6.45) is 47.7. The van der Waals surface area contributed by atoms with Crippen LogP contribution in [0, 0.1) is 0 Å². The quantitative estimate of drug-likeness (QED) is 0.0296. The summed E-state index contributed by atoms with van der Waals surface area (Å²) in [4.78, 5) is 22.6. The number of hydrogen-bond donors (Lipinski definition) is 4. The SMILES string of the molecule is CC/C=C\C/C=C\C/C=C\C/C=C\C/C=C\CCCCCC(=O)NC(COP(=O)(O)OCCN)C(O)/C=C/CC/C=C/CCCCCCCC. The second-order valence-corrected chi connectivity index (χ2v) is 13.8. The molecule has 0 spiro atoms. The zero-order chi connectivity index (χ0) is 36.8. The van der Waals surface area contributed by atoms with Crippen molar-refractivity contribution in [3.8, 4) is 0 Å². The zero-order valence-corrected chi connectivity index (χ0v) is 32.2. The number of hydrogen-bond acceptors (Lipinski definition) is 6. The van der Waals surface area contributed by atoms with Crippen LogP contribution in [0.25, 0.3) is 0 Å². The third-order valence-corrected chi connectivity index (χ3v) is 8.69. The topological polar surface area (TPSA) is 131 Å². The summed E-state index contributed by atoms with van der Waals surface area (Å²) < 4.78 is 22.0. The number of nitrogens with one attached hydrogen (secondary N) is 1. The molecule has 3 atom stereocenters. The van der Waals surface area contributed by atoms with E-state index in [2.05, 4.69) is 92.1 Å². The molecule has 0 aliphatic rings. The Kier molecular flexibility index (Phi) is 34.8.